The van der Waals surface area contributed by atoms with Crippen LogP contribution in [0.1, 0.15) is 18.9 Å². The molecule has 23 heavy (non-hydrogen) atoms. The van der Waals surface area contributed by atoms with E-state index in [9.17, 15) is 13.2 Å². The molecule has 1 aliphatic rings. The van der Waals surface area contributed by atoms with Crippen LogP contribution >= 0.6 is 0 Å². The number of benzene rings is 2. The topological polar surface area (TPSA) is 63.7 Å². The molecule has 120 valence electrons. The Labute approximate surface area is 135 Å². The van der Waals surface area contributed by atoms with E-state index < -0.39 is 15.1 Å². The molecule has 0 atom stereocenters. The van der Waals surface area contributed by atoms with Gasteiger partial charge in [-0.1, -0.05) is 37.3 Å². The second-order valence-electron chi connectivity index (χ2n) is 5.28. The van der Waals surface area contributed by atoms with Crippen molar-refractivity contribution in [1.29, 1.82) is 0 Å². The molecule has 0 spiro atoms. The molecule has 0 saturated heterocycles. The molecule has 1 amide bonds. The van der Waals surface area contributed by atoms with Crippen molar-refractivity contribution >= 4 is 20.8 Å². The Morgan fingerprint density at radius 1 is 1.04 bits per heavy atom. The smallest absolute Gasteiger partial charge is 0.348 e. The normalized spacial score (nSPS) is 15.5. The lowest BCUT2D eigenvalue weighted by atomic mass is 10.2. The molecule has 3 rings (SSSR count). The number of sulfone groups is 1. The summed E-state index contributed by atoms with van der Waals surface area (Å²) in [5, 5.41) is -0.885. The molecule has 2 aromatic carbocycles. The number of nitrogens with zero attached hydrogens (tertiary/aromatic N) is 1. The van der Waals surface area contributed by atoms with Crippen LogP contribution in [0.5, 0.6) is 5.75 Å². The Kier molecular flexibility index (Phi) is 4.09. The van der Waals surface area contributed by atoms with Gasteiger partial charge in [-0.15, -0.1) is 0 Å². The zero-order valence-corrected chi connectivity index (χ0v) is 13.5. The standard InChI is InChI=1S/C17H17NO4S/c1-2-11-22-15-9-5-3-7-13(15)12-18-14-8-4-6-10-16(14)23(20,21)17(18)19/h3-10H,2,11-12H2,1H3. The third-order valence-electron chi connectivity index (χ3n) is 3.66. The van der Waals surface area contributed by atoms with E-state index >= 15 is 0 Å². The number of hydrogen-bond acceptors (Lipinski definition) is 4. The van der Waals surface area contributed by atoms with Crippen LogP contribution < -0.4 is 9.64 Å². The first-order chi connectivity index (χ1) is 11.1. The Hall–Kier alpha value is -2.34. The first kappa shape index (κ1) is 15.6. The Morgan fingerprint density at radius 2 is 1.74 bits per heavy atom. The lowest BCUT2D eigenvalue weighted by Gasteiger charge is -2.18. The van der Waals surface area contributed by atoms with Gasteiger partial charge in [0.1, 0.15) is 10.6 Å². The molecule has 1 heterocycles. The number of para-hydroxylation sites is 2. The molecule has 0 aromatic heterocycles. The molecule has 0 unspecified atom stereocenters. The van der Waals surface area contributed by atoms with Gasteiger partial charge in [-0.25, -0.2) is 8.42 Å². The largest absolute Gasteiger partial charge is 0.493 e. The van der Waals surface area contributed by atoms with Gasteiger partial charge in [0.15, 0.2) is 0 Å². The van der Waals surface area contributed by atoms with Gasteiger partial charge in [0.25, 0.3) is 9.84 Å². The second kappa shape index (κ2) is 6.04. The monoisotopic (exact) mass is 331 g/mol. The van der Waals surface area contributed by atoms with E-state index in [0.717, 1.165) is 12.0 Å². The molecule has 0 fully saturated rings. The van der Waals surface area contributed by atoms with Crippen LogP contribution in [0.25, 0.3) is 0 Å². The lowest BCUT2D eigenvalue weighted by Crippen LogP contribution is -2.28. The van der Waals surface area contributed by atoms with Crippen molar-refractivity contribution in [3.63, 3.8) is 0 Å². The van der Waals surface area contributed by atoms with Crippen molar-refractivity contribution in [1.82, 2.24) is 0 Å². The highest BCUT2D eigenvalue weighted by atomic mass is 32.2. The quantitative estimate of drug-likeness (QED) is 0.842. The summed E-state index contributed by atoms with van der Waals surface area (Å²) < 4.78 is 30.1. The highest BCUT2D eigenvalue weighted by molar-refractivity contribution is 8.07. The number of ether oxygens (including phenoxy) is 1. The number of hydrogen-bond donors (Lipinski definition) is 0. The average molecular weight is 331 g/mol. The van der Waals surface area contributed by atoms with E-state index in [-0.39, 0.29) is 11.4 Å². The minimum absolute atomic E-state index is 0.0666. The fourth-order valence-corrected chi connectivity index (χ4v) is 3.90. The van der Waals surface area contributed by atoms with Crippen molar-refractivity contribution in [2.75, 3.05) is 11.5 Å². The number of anilines is 1. The van der Waals surface area contributed by atoms with Crippen LogP contribution in [-0.2, 0) is 16.4 Å². The fourth-order valence-electron chi connectivity index (χ4n) is 2.55. The molecule has 6 heteroatoms. The number of carbonyl (C=O) groups is 1. The van der Waals surface area contributed by atoms with Gasteiger partial charge in [0.05, 0.1) is 18.8 Å². The first-order valence-corrected chi connectivity index (χ1v) is 8.90. The average Bonchev–Trinajstić information content (AvgIpc) is 2.75. The van der Waals surface area contributed by atoms with Gasteiger partial charge in [-0.2, -0.15) is 0 Å². The van der Waals surface area contributed by atoms with Gasteiger partial charge in [0, 0.05) is 5.56 Å². The summed E-state index contributed by atoms with van der Waals surface area (Å²) in [5.74, 6) is 0.670. The fraction of sp³-hybridized carbons (Fsp3) is 0.235. The van der Waals surface area contributed by atoms with Gasteiger partial charge in [-0.3, -0.25) is 9.69 Å². The van der Waals surface area contributed by atoms with Crippen LogP contribution in [0.4, 0.5) is 10.5 Å². The summed E-state index contributed by atoms with van der Waals surface area (Å²) >= 11 is 0. The highest BCUT2D eigenvalue weighted by Gasteiger charge is 2.41. The SMILES string of the molecule is CCCOc1ccccc1CN1C(=O)S(=O)(=O)c2ccccc21. The minimum Gasteiger partial charge on any atom is -0.493 e. The molecule has 5 nitrogen and oxygen atoms in total. The maximum atomic E-state index is 12.3. The molecule has 0 radical (unpaired) electrons. The summed E-state index contributed by atoms with van der Waals surface area (Å²) in [6, 6.07) is 13.8. The van der Waals surface area contributed by atoms with E-state index in [1.54, 1.807) is 18.2 Å². The third-order valence-corrected chi connectivity index (χ3v) is 5.26. The minimum atomic E-state index is -3.94. The molecular weight excluding hydrogens is 314 g/mol. The zero-order valence-electron chi connectivity index (χ0n) is 12.7. The lowest BCUT2D eigenvalue weighted by molar-refractivity contribution is 0.263. The first-order valence-electron chi connectivity index (χ1n) is 7.42. The summed E-state index contributed by atoms with van der Waals surface area (Å²) in [7, 11) is -3.94. The van der Waals surface area contributed by atoms with Gasteiger partial charge >= 0.3 is 5.24 Å². The van der Waals surface area contributed by atoms with Gasteiger partial charge in [-0.05, 0) is 24.6 Å². The molecular formula is C17H17NO4S. The third kappa shape index (κ3) is 2.70. The van der Waals surface area contributed by atoms with Crippen LogP contribution in [0.3, 0.4) is 0 Å². The van der Waals surface area contributed by atoms with Crippen molar-refractivity contribution in [3.05, 3.63) is 54.1 Å². The van der Waals surface area contributed by atoms with E-state index in [1.165, 1.54) is 11.0 Å². The van der Waals surface area contributed by atoms with Crippen LogP contribution in [0.15, 0.2) is 53.4 Å². The van der Waals surface area contributed by atoms with E-state index in [4.69, 9.17) is 4.74 Å². The van der Waals surface area contributed by atoms with E-state index in [0.29, 0.717) is 18.0 Å². The predicted octanol–water partition coefficient (Wildman–Crippen LogP) is 3.39. The molecule has 0 aliphatic carbocycles. The maximum absolute atomic E-state index is 12.3. The summed E-state index contributed by atoms with van der Waals surface area (Å²) in [6.07, 6.45) is 0.869. The molecule has 1 aliphatic heterocycles. The van der Waals surface area contributed by atoms with E-state index in [1.807, 2.05) is 31.2 Å². The second-order valence-corrected chi connectivity index (χ2v) is 7.08. The number of carbonyl (C=O) groups excluding carboxylic acids is 1. The van der Waals surface area contributed by atoms with Gasteiger partial charge in [0.2, 0.25) is 0 Å². The molecule has 0 saturated carbocycles. The summed E-state index contributed by atoms with van der Waals surface area (Å²) in [6.45, 7) is 2.74. The summed E-state index contributed by atoms with van der Waals surface area (Å²) in [5.41, 5.74) is 1.20. The Bertz CT molecular complexity index is 845. The highest BCUT2D eigenvalue weighted by Crippen LogP contribution is 2.37. The van der Waals surface area contributed by atoms with Crippen molar-refractivity contribution in [3.8, 4) is 5.75 Å². The maximum Gasteiger partial charge on any atom is 0.348 e. The van der Waals surface area contributed by atoms with Crippen molar-refractivity contribution in [2.24, 2.45) is 0 Å². The van der Waals surface area contributed by atoms with Crippen LogP contribution in [0.2, 0.25) is 0 Å². The predicted molar refractivity (Wildman–Crippen MR) is 87.4 cm³/mol. The van der Waals surface area contributed by atoms with Crippen LogP contribution in [0, 0.1) is 0 Å². The Morgan fingerprint density at radius 3 is 2.52 bits per heavy atom. The molecule has 0 N–H and O–H groups in total. The number of amides is 1. The zero-order chi connectivity index (χ0) is 16.4. The van der Waals surface area contributed by atoms with Gasteiger partial charge < -0.3 is 4.74 Å². The van der Waals surface area contributed by atoms with Crippen molar-refractivity contribution in [2.45, 2.75) is 24.8 Å². The molecule has 0 bridgehead atoms. The molecule has 2 aromatic rings. The van der Waals surface area contributed by atoms with Crippen molar-refractivity contribution < 1.29 is 17.9 Å². The Balaban J connectivity index is 1.97. The van der Waals surface area contributed by atoms with Crippen LogP contribution in [-0.4, -0.2) is 20.3 Å². The summed E-state index contributed by atoms with van der Waals surface area (Å²) in [4.78, 5) is 13.7. The number of fused-ring (bicyclic) bond motifs is 1. The van der Waals surface area contributed by atoms with E-state index in [2.05, 4.69) is 0 Å². The number of rotatable bonds is 5.